The van der Waals surface area contributed by atoms with Crippen molar-refractivity contribution in [3.05, 3.63) is 53.6 Å². The van der Waals surface area contributed by atoms with Crippen molar-refractivity contribution in [1.29, 1.82) is 0 Å². The van der Waals surface area contributed by atoms with E-state index in [0.717, 1.165) is 36.1 Å². The molecule has 0 aliphatic carbocycles. The average Bonchev–Trinajstić information content (AvgIpc) is 3.24. The highest BCUT2D eigenvalue weighted by molar-refractivity contribution is 6.06. The van der Waals surface area contributed by atoms with E-state index in [9.17, 15) is 19.5 Å². The monoisotopic (exact) mass is 550 g/mol. The van der Waals surface area contributed by atoms with Crippen molar-refractivity contribution >= 4 is 23.5 Å². The molecule has 2 amide bonds. The summed E-state index contributed by atoms with van der Waals surface area (Å²) in [6, 6.07) is 4.32. The lowest BCUT2D eigenvalue weighted by Gasteiger charge is -2.40. The van der Waals surface area contributed by atoms with Crippen LogP contribution in [0.25, 0.3) is 0 Å². The van der Waals surface area contributed by atoms with Gasteiger partial charge in [-0.1, -0.05) is 50.3 Å². The highest BCUT2D eigenvalue weighted by atomic mass is 16.6. The van der Waals surface area contributed by atoms with Crippen LogP contribution in [-0.4, -0.2) is 70.8 Å². The molecule has 0 bridgehead atoms. The SMILES string of the molecule is Cc1ccc(C)c(N2CC=C[C@]34O[C@]5(C)/C=C\CCCCOC(=O)[C@@H]5[C@H]3C(=O)N([C@@H](CO)CC(C)C)C4C2=O)c1. The van der Waals surface area contributed by atoms with Gasteiger partial charge in [-0.3, -0.25) is 14.4 Å². The second-order valence-corrected chi connectivity index (χ2v) is 12.4. The molecular weight excluding hydrogens is 508 g/mol. The fraction of sp³-hybridized carbons (Fsp3) is 0.594. The minimum atomic E-state index is -1.39. The van der Waals surface area contributed by atoms with Gasteiger partial charge in [0.15, 0.2) is 0 Å². The van der Waals surface area contributed by atoms with Gasteiger partial charge in [0.1, 0.15) is 17.6 Å². The molecule has 0 aromatic heterocycles. The summed E-state index contributed by atoms with van der Waals surface area (Å²) in [4.78, 5) is 46.2. The minimum Gasteiger partial charge on any atom is -0.465 e. The Morgan fingerprint density at radius 3 is 2.55 bits per heavy atom. The number of fused-ring (bicyclic) bond motifs is 2. The maximum Gasteiger partial charge on any atom is 0.313 e. The molecule has 0 radical (unpaired) electrons. The van der Waals surface area contributed by atoms with Crippen LogP contribution in [0.4, 0.5) is 5.69 Å². The Hall–Kier alpha value is -2.97. The number of carbonyl (C=O) groups is 3. The number of aliphatic hydroxyl groups is 1. The van der Waals surface area contributed by atoms with Crippen LogP contribution in [0, 0.1) is 31.6 Å². The standard InChI is InChI=1S/C32H42N2O6/c1-20(2)17-23(19-35)34-27-29(37)33(24-18-21(3)11-12-22(24)4)15-10-14-32(27)25(28(34)36)26-30(38)39-16-9-7-6-8-13-31(26,5)40-32/h8,10-14,18,20,23,25-27,35H,6-7,9,15-17,19H2,1-5H3/b13-8-/t23-,25+,26+,27?,31-,32+/m1/s1. The first-order chi connectivity index (χ1) is 19.0. The van der Waals surface area contributed by atoms with Gasteiger partial charge in [-0.2, -0.15) is 0 Å². The van der Waals surface area contributed by atoms with Crippen LogP contribution in [0.15, 0.2) is 42.5 Å². The predicted molar refractivity (Wildman–Crippen MR) is 152 cm³/mol. The highest BCUT2D eigenvalue weighted by Gasteiger charge is 2.75. The molecule has 1 N–H and O–H groups in total. The molecule has 4 aliphatic heterocycles. The molecule has 216 valence electrons. The number of carbonyl (C=O) groups excluding carboxylic acids is 3. The molecule has 0 saturated carbocycles. The third-order valence-corrected chi connectivity index (χ3v) is 8.94. The summed E-state index contributed by atoms with van der Waals surface area (Å²) < 4.78 is 12.6. The van der Waals surface area contributed by atoms with E-state index in [0.29, 0.717) is 13.0 Å². The first-order valence-electron chi connectivity index (χ1n) is 14.6. The fourth-order valence-electron chi connectivity index (χ4n) is 7.18. The Kier molecular flexibility index (Phi) is 7.70. The smallest absolute Gasteiger partial charge is 0.313 e. The Bertz CT molecular complexity index is 1240. The number of hydrogen-bond donors (Lipinski definition) is 1. The van der Waals surface area contributed by atoms with Crippen LogP contribution < -0.4 is 4.90 Å². The van der Waals surface area contributed by atoms with Crippen molar-refractivity contribution in [2.24, 2.45) is 17.8 Å². The maximum atomic E-state index is 14.7. The van der Waals surface area contributed by atoms with Crippen molar-refractivity contribution < 1.29 is 29.0 Å². The molecule has 1 unspecified atom stereocenters. The summed E-state index contributed by atoms with van der Waals surface area (Å²) in [5.74, 6) is -2.82. The Labute approximate surface area is 237 Å². The van der Waals surface area contributed by atoms with E-state index < -0.39 is 41.1 Å². The van der Waals surface area contributed by atoms with Crippen LogP contribution in [0.5, 0.6) is 0 Å². The summed E-state index contributed by atoms with van der Waals surface area (Å²) in [7, 11) is 0. The second-order valence-electron chi connectivity index (χ2n) is 12.4. The number of cyclic esters (lactones) is 1. The maximum absolute atomic E-state index is 14.7. The van der Waals surface area contributed by atoms with Crippen LogP contribution in [0.3, 0.4) is 0 Å². The van der Waals surface area contributed by atoms with Crippen LogP contribution in [0.2, 0.25) is 0 Å². The summed E-state index contributed by atoms with van der Waals surface area (Å²) in [6.45, 7) is 10.1. The number of esters is 1. The number of hydrogen-bond acceptors (Lipinski definition) is 6. The topological polar surface area (TPSA) is 96.4 Å². The molecule has 1 spiro atoms. The number of nitrogens with zero attached hydrogens (tertiary/aromatic N) is 2. The molecular formula is C32H42N2O6. The quantitative estimate of drug-likeness (QED) is 0.442. The number of rotatable bonds is 5. The van der Waals surface area contributed by atoms with Crippen LogP contribution in [0.1, 0.15) is 57.6 Å². The molecule has 5 rings (SSSR count). The van der Waals surface area contributed by atoms with Crippen molar-refractivity contribution in [1.82, 2.24) is 4.90 Å². The lowest BCUT2D eigenvalue weighted by Crippen LogP contribution is -2.59. The number of benzene rings is 1. The van der Waals surface area contributed by atoms with Gasteiger partial charge in [-0.05, 0) is 69.6 Å². The van der Waals surface area contributed by atoms with E-state index >= 15 is 0 Å². The third kappa shape index (κ3) is 4.59. The van der Waals surface area contributed by atoms with Gasteiger partial charge < -0.3 is 24.4 Å². The number of aryl methyl sites for hydroxylation is 2. The Morgan fingerprint density at radius 2 is 1.82 bits per heavy atom. The zero-order valence-electron chi connectivity index (χ0n) is 24.3. The molecule has 40 heavy (non-hydrogen) atoms. The number of allylic oxidation sites excluding steroid dienone is 1. The van der Waals surface area contributed by atoms with E-state index in [-0.39, 0.29) is 30.9 Å². The molecule has 2 fully saturated rings. The van der Waals surface area contributed by atoms with Crippen molar-refractivity contribution in [3.8, 4) is 0 Å². The minimum absolute atomic E-state index is 0.167. The second kappa shape index (κ2) is 10.8. The molecule has 4 aliphatic rings. The molecule has 1 aromatic rings. The number of amides is 2. The van der Waals surface area contributed by atoms with Gasteiger partial charge in [0, 0.05) is 12.2 Å². The zero-order valence-corrected chi connectivity index (χ0v) is 24.3. The van der Waals surface area contributed by atoms with Crippen LogP contribution >= 0.6 is 0 Å². The average molecular weight is 551 g/mol. The number of likely N-dealkylation sites (tertiary alicyclic amines) is 1. The summed E-state index contributed by atoms with van der Waals surface area (Å²) >= 11 is 0. The molecule has 1 aromatic carbocycles. The zero-order chi connectivity index (χ0) is 28.8. The van der Waals surface area contributed by atoms with Crippen molar-refractivity contribution in [2.45, 2.75) is 83.6 Å². The largest absolute Gasteiger partial charge is 0.465 e. The summed E-state index contributed by atoms with van der Waals surface area (Å²) in [5.41, 5.74) is 0.211. The van der Waals surface area contributed by atoms with Gasteiger partial charge in [-0.25, -0.2) is 0 Å². The first kappa shape index (κ1) is 28.6. The molecule has 6 atom stereocenters. The number of ether oxygens (including phenoxy) is 2. The van der Waals surface area contributed by atoms with E-state index in [1.54, 1.807) is 4.90 Å². The third-order valence-electron chi connectivity index (χ3n) is 8.94. The van der Waals surface area contributed by atoms with E-state index in [2.05, 4.69) is 0 Å². The number of aliphatic hydroxyl groups excluding tert-OH is 1. The lowest BCUT2D eigenvalue weighted by atomic mass is 9.74. The lowest BCUT2D eigenvalue weighted by molar-refractivity contribution is -0.160. The van der Waals surface area contributed by atoms with Crippen molar-refractivity contribution in [3.63, 3.8) is 0 Å². The highest BCUT2D eigenvalue weighted by Crippen LogP contribution is 2.57. The molecule has 4 heterocycles. The normalized spacial score (nSPS) is 33.8. The van der Waals surface area contributed by atoms with E-state index in [4.69, 9.17) is 9.47 Å². The van der Waals surface area contributed by atoms with E-state index in [1.807, 2.05) is 77.1 Å². The molecule has 8 nitrogen and oxygen atoms in total. The van der Waals surface area contributed by atoms with Crippen LogP contribution in [-0.2, 0) is 23.9 Å². The van der Waals surface area contributed by atoms with Gasteiger partial charge in [-0.15, -0.1) is 0 Å². The van der Waals surface area contributed by atoms with E-state index in [1.165, 1.54) is 4.90 Å². The fourth-order valence-corrected chi connectivity index (χ4v) is 7.18. The van der Waals surface area contributed by atoms with Gasteiger partial charge in [0.2, 0.25) is 5.91 Å². The number of anilines is 1. The van der Waals surface area contributed by atoms with Gasteiger partial charge >= 0.3 is 5.97 Å². The predicted octanol–water partition coefficient (Wildman–Crippen LogP) is 3.87. The van der Waals surface area contributed by atoms with Crippen molar-refractivity contribution in [2.75, 3.05) is 24.7 Å². The Morgan fingerprint density at radius 1 is 1.05 bits per heavy atom. The van der Waals surface area contributed by atoms with Gasteiger partial charge in [0.25, 0.3) is 5.91 Å². The summed E-state index contributed by atoms with van der Waals surface area (Å²) in [5, 5.41) is 10.5. The first-order valence-corrected chi connectivity index (χ1v) is 14.6. The molecule has 2 saturated heterocycles. The van der Waals surface area contributed by atoms with Gasteiger partial charge in [0.05, 0.1) is 30.8 Å². The Balaban J connectivity index is 1.69. The summed E-state index contributed by atoms with van der Waals surface area (Å²) in [6.07, 6.45) is 10.6. The molecule has 8 heteroatoms.